The zero-order chi connectivity index (χ0) is 16.4. The van der Waals surface area contributed by atoms with E-state index in [2.05, 4.69) is 5.10 Å². The van der Waals surface area contributed by atoms with Crippen LogP contribution in [0.25, 0.3) is 10.6 Å². The van der Waals surface area contributed by atoms with Gasteiger partial charge >= 0.3 is 0 Å². The quantitative estimate of drug-likeness (QED) is 0.855. The van der Waals surface area contributed by atoms with Gasteiger partial charge in [0.05, 0.1) is 18.1 Å². The van der Waals surface area contributed by atoms with Gasteiger partial charge in [-0.3, -0.25) is 9.59 Å². The van der Waals surface area contributed by atoms with Gasteiger partial charge in [-0.1, -0.05) is 6.07 Å². The molecule has 0 unspecified atom stereocenters. The van der Waals surface area contributed by atoms with Crippen molar-refractivity contribution in [3.63, 3.8) is 0 Å². The number of carbonyl (C=O) groups is 1. The maximum atomic E-state index is 12.8. The summed E-state index contributed by atoms with van der Waals surface area (Å²) in [7, 11) is 0. The molecule has 0 aliphatic carbocycles. The van der Waals surface area contributed by atoms with Crippen LogP contribution in [0.1, 0.15) is 13.8 Å². The predicted molar refractivity (Wildman–Crippen MR) is 88.5 cm³/mol. The van der Waals surface area contributed by atoms with E-state index in [1.807, 2.05) is 17.5 Å². The number of hydrogen-bond acceptors (Lipinski definition) is 5. The molecule has 0 atom stereocenters. The molecule has 1 aliphatic heterocycles. The first-order chi connectivity index (χ1) is 11.0. The minimum atomic E-state index is -1.04. The smallest absolute Gasteiger partial charge is 0.267 e. The van der Waals surface area contributed by atoms with Gasteiger partial charge in [0.25, 0.3) is 5.56 Å². The molecule has 1 saturated heterocycles. The Bertz CT molecular complexity index is 746. The molecule has 0 N–H and O–H groups in total. The highest BCUT2D eigenvalue weighted by Gasteiger charge is 2.36. The molecule has 0 saturated carbocycles. The molecule has 0 aromatic carbocycles. The van der Waals surface area contributed by atoms with Gasteiger partial charge in [0.15, 0.2) is 0 Å². The normalized spacial score (nSPS) is 15.7. The van der Waals surface area contributed by atoms with Gasteiger partial charge in [-0.05, 0) is 31.4 Å². The van der Waals surface area contributed by atoms with Crippen LogP contribution in [0, 0.1) is 0 Å². The molecule has 0 radical (unpaired) electrons. The molecule has 1 aliphatic rings. The number of nitrogens with zero attached hydrogens (tertiary/aromatic N) is 3. The summed E-state index contributed by atoms with van der Waals surface area (Å²) in [5.74, 6) is -0.112. The summed E-state index contributed by atoms with van der Waals surface area (Å²) in [6, 6.07) is 7.04. The van der Waals surface area contributed by atoms with Gasteiger partial charge in [-0.25, -0.2) is 4.68 Å². The van der Waals surface area contributed by atoms with E-state index in [1.165, 1.54) is 10.7 Å². The standard InChI is InChI=1S/C16H19N3O3S/c1-16(2,15(21)18-7-9-22-10-8-18)19-14(20)6-5-12(17-19)13-4-3-11-23-13/h3-6,11H,7-10H2,1-2H3. The Morgan fingerprint density at radius 3 is 2.65 bits per heavy atom. The van der Waals surface area contributed by atoms with Crippen molar-refractivity contribution in [3.8, 4) is 10.6 Å². The second kappa shape index (κ2) is 6.25. The van der Waals surface area contributed by atoms with Crippen LogP contribution in [0.4, 0.5) is 0 Å². The van der Waals surface area contributed by atoms with Crippen molar-refractivity contribution in [2.45, 2.75) is 19.4 Å². The molecule has 3 heterocycles. The zero-order valence-electron chi connectivity index (χ0n) is 13.2. The van der Waals surface area contributed by atoms with Gasteiger partial charge in [0, 0.05) is 19.2 Å². The van der Waals surface area contributed by atoms with Gasteiger partial charge in [0.1, 0.15) is 11.2 Å². The molecular weight excluding hydrogens is 314 g/mol. The average molecular weight is 333 g/mol. The molecule has 1 fully saturated rings. The Morgan fingerprint density at radius 2 is 2.00 bits per heavy atom. The first kappa shape index (κ1) is 15.9. The molecule has 2 aromatic rings. The number of carbonyl (C=O) groups excluding carboxylic acids is 1. The van der Waals surface area contributed by atoms with Crippen LogP contribution < -0.4 is 5.56 Å². The van der Waals surface area contributed by atoms with Gasteiger partial charge < -0.3 is 9.64 Å². The number of thiophene rings is 1. The summed E-state index contributed by atoms with van der Waals surface area (Å²) in [4.78, 5) is 27.8. The van der Waals surface area contributed by atoms with Gasteiger partial charge in [-0.15, -0.1) is 11.3 Å². The third-order valence-electron chi connectivity index (χ3n) is 3.93. The molecule has 2 aromatic heterocycles. The molecule has 0 spiro atoms. The fourth-order valence-corrected chi connectivity index (χ4v) is 3.30. The zero-order valence-corrected chi connectivity index (χ0v) is 14.0. The molecular formula is C16H19N3O3S. The van der Waals surface area contributed by atoms with Crippen molar-refractivity contribution in [2.24, 2.45) is 0 Å². The summed E-state index contributed by atoms with van der Waals surface area (Å²) in [6.45, 7) is 5.61. The number of amides is 1. The van der Waals surface area contributed by atoms with Crippen molar-refractivity contribution in [3.05, 3.63) is 40.0 Å². The van der Waals surface area contributed by atoms with Crippen LogP contribution in [-0.2, 0) is 15.1 Å². The van der Waals surface area contributed by atoms with Crippen LogP contribution in [0.15, 0.2) is 34.4 Å². The highest BCUT2D eigenvalue weighted by Crippen LogP contribution is 2.23. The Labute approximate surface area is 138 Å². The van der Waals surface area contributed by atoms with E-state index in [9.17, 15) is 9.59 Å². The van der Waals surface area contributed by atoms with Crippen LogP contribution in [-0.4, -0.2) is 46.9 Å². The maximum Gasteiger partial charge on any atom is 0.267 e. The first-order valence-corrected chi connectivity index (χ1v) is 8.40. The summed E-state index contributed by atoms with van der Waals surface area (Å²) in [5.41, 5.74) is -0.624. The maximum absolute atomic E-state index is 12.8. The second-order valence-electron chi connectivity index (χ2n) is 5.91. The molecule has 6 nitrogen and oxygen atoms in total. The summed E-state index contributed by atoms with van der Waals surface area (Å²) in [5, 5.41) is 6.39. The lowest BCUT2D eigenvalue weighted by Gasteiger charge is -2.34. The molecule has 0 bridgehead atoms. The Kier molecular flexibility index (Phi) is 4.32. The number of aromatic nitrogens is 2. The minimum Gasteiger partial charge on any atom is -0.378 e. The predicted octanol–water partition coefficient (Wildman–Crippen LogP) is 1.57. The van der Waals surface area contributed by atoms with E-state index >= 15 is 0 Å². The second-order valence-corrected chi connectivity index (χ2v) is 6.86. The third-order valence-corrected chi connectivity index (χ3v) is 4.82. The lowest BCUT2D eigenvalue weighted by atomic mass is 10.0. The number of ether oxygens (including phenoxy) is 1. The van der Waals surface area contributed by atoms with Crippen LogP contribution in [0.5, 0.6) is 0 Å². The Balaban J connectivity index is 1.97. The van der Waals surface area contributed by atoms with Crippen LogP contribution >= 0.6 is 11.3 Å². The van der Waals surface area contributed by atoms with E-state index in [1.54, 1.807) is 36.2 Å². The minimum absolute atomic E-state index is 0.112. The molecule has 23 heavy (non-hydrogen) atoms. The summed E-state index contributed by atoms with van der Waals surface area (Å²) >= 11 is 1.55. The fourth-order valence-electron chi connectivity index (χ4n) is 2.61. The van der Waals surface area contributed by atoms with E-state index in [4.69, 9.17) is 4.74 Å². The highest BCUT2D eigenvalue weighted by atomic mass is 32.1. The van der Waals surface area contributed by atoms with Crippen molar-refractivity contribution in [1.82, 2.24) is 14.7 Å². The Morgan fingerprint density at radius 1 is 1.26 bits per heavy atom. The van der Waals surface area contributed by atoms with Crippen molar-refractivity contribution < 1.29 is 9.53 Å². The van der Waals surface area contributed by atoms with E-state index in [-0.39, 0.29) is 11.5 Å². The SMILES string of the molecule is CC(C)(C(=O)N1CCOCC1)n1nc(-c2cccs2)ccc1=O. The molecule has 122 valence electrons. The van der Waals surface area contributed by atoms with Crippen LogP contribution in [0.2, 0.25) is 0 Å². The van der Waals surface area contributed by atoms with Gasteiger partial charge in [-0.2, -0.15) is 5.10 Å². The number of morpholine rings is 1. The summed E-state index contributed by atoms with van der Waals surface area (Å²) < 4.78 is 6.57. The lowest BCUT2D eigenvalue weighted by molar-refractivity contribution is -0.144. The topological polar surface area (TPSA) is 64.4 Å². The van der Waals surface area contributed by atoms with Crippen molar-refractivity contribution in [1.29, 1.82) is 0 Å². The third kappa shape index (κ3) is 3.07. The molecule has 3 rings (SSSR count). The lowest BCUT2D eigenvalue weighted by Crippen LogP contribution is -2.54. The first-order valence-electron chi connectivity index (χ1n) is 7.52. The van der Waals surface area contributed by atoms with Gasteiger partial charge in [0.2, 0.25) is 5.91 Å². The van der Waals surface area contributed by atoms with Crippen LogP contribution in [0.3, 0.4) is 0 Å². The van der Waals surface area contributed by atoms with E-state index in [0.29, 0.717) is 32.0 Å². The Hall–Kier alpha value is -1.99. The largest absolute Gasteiger partial charge is 0.378 e. The summed E-state index contributed by atoms with van der Waals surface area (Å²) in [6.07, 6.45) is 0. The molecule has 7 heteroatoms. The fraction of sp³-hybridized carbons (Fsp3) is 0.438. The average Bonchev–Trinajstić information content (AvgIpc) is 3.09. The monoisotopic (exact) mass is 333 g/mol. The molecule has 1 amide bonds. The number of hydrogen-bond donors (Lipinski definition) is 0. The van der Waals surface area contributed by atoms with Crippen molar-refractivity contribution in [2.75, 3.05) is 26.3 Å². The number of rotatable bonds is 3. The highest BCUT2D eigenvalue weighted by molar-refractivity contribution is 7.13. The van der Waals surface area contributed by atoms with E-state index in [0.717, 1.165) is 4.88 Å². The van der Waals surface area contributed by atoms with Crippen molar-refractivity contribution >= 4 is 17.2 Å². The van der Waals surface area contributed by atoms with E-state index < -0.39 is 5.54 Å².